The van der Waals surface area contributed by atoms with E-state index in [4.69, 9.17) is 4.74 Å². The first kappa shape index (κ1) is 6.01. The van der Waals surface area contributed by atoms with Crippen LogP contribution in [0.4, 0.5) is 0 Å². The fourth-order valence-electron chi connectivity index (χ4n) is 0.669. The highest BCUT2D eigenvalue weighted by molar-refractivity contribution is 4.56. The Bertz CT molecular complexity index is 58.7. The monoisotopic (exact) mass is 118 g/mol. The van der Waals surface area contributed by atoms with Gasteiger partial charge in [-0.2, -0.15) is 0 Å². The highest BCUT2D eigenvalue weighted by Gasteiger charge is 2.15. The number of hydrogen-bond donors (Lipinski definition) is 0. The second kappa shape index (κ2) is 3.02. The van der Waals surface area contributed by atoms with Crippen LogP contribution < -0.4 is 0 Å². The van der Waals surface area contributed by atoms with E-state index in [1.54, 1.807) is 7.11 Å². The number of hydrogen-bond acceptors (Lipinski definition) is 3. The summed E-state index contributed by atoms with van der Waals surface area (Å²) in [5.74, 6) is 0.444. The van der Waals surface area contributed by atoms with Crippen molar-refractivity contribution < 1.29 is 14.5 Å². The van der Waals surface area contributed by atoms with Crippen LogP contribution in [-0.4, -0.2) is 26.9 Å². The molecule has 0 aromatic carbocycles. The summed E-state index contributed by atoms with van der Waals surface area (Å²) < 4.78 is 4.87. The lowest BCUT2D eigenvalue weighted by Crippen LogP contribution is -2.10. The minimum Gasteiger partial charge on any atom is -0.384 e. The Morgan fingerprint density at radius 2 is 2.12 bits per heavy atom. The molecule has 3 heteroatoms. The van der Waals surface area contributed by atoms with Crippen molar-refractivity contribution in [3.8, 4) is 0 Å². The van der Waals surface area contributed by atoms with Gasteiger partial charge in [0.25, 0.3) is 0 Å². The molecule has 0 atom stereocenters. The van der Waals surface area contributed by atoms with E-state index in [0.29, 0.717) is 19.1 Å². The van der Waals surface area contributed by atoms with E-state index in [0.717, 1.165) is 6.61 Å². The molecule has 0 saturated carbocycles. The molecule has 0 amide bonds. The Morgan fingerprint density at radius 1 is 1.50 bits per heavy atom. The Kier molecular flexibility index (Phi) is 2.27. The summed E-state index contributed by atoms with van der Waals surface area (Å²) in [6.07, 6.45) is 0. The molecule has 0 aliphatic carbocycles. The fraction of sp³-hybridized carbons (Fsp3) is 1.00. The standard InChI is InChI=1S/C5H10O3/c1-6-2-5-3-7-8-4-5/h5H,2-4H2,1H3. The van der Waals surface area contributed by atoms with Crippen molar-refractivity contribution in [3.05, 3.63) is 0 Å². The molecular formula is C5H10O3. The van der Waals surface area contributed by atoms with Crippen LogP contribution >= 0.6 is 0 Å². The zero-order chi connectivity index (χ0) is 5.82. The van der Waals surface area contributed by atoms with Gasteiger partial charge in [-0.3, -0.25) is 0 Å². The number of rotatable bonds is 2. The van der Waals surface area contributed by atoms with Crippen LogP contribution in [0.1, 0.15) is 0 Å². The zero-order valence-electron chi connectivity index (χ0n) is 4.92. The van der Waals surface area contributed by atoms with Crippen molar-refractivity contribution in [2.75, 3.05) is 26.9 Å². The molecule has 0 unspecified atom stereocenters. The largest absolute Gasteiger partial charge is 0.384 e. The van der Waals surface area contributed by atoms with Crippen molar-refractivity contribution >= 4 is 0 Å². The van der Waals surface area contributed by atoms with E-state index in [9.17, 15) is 0 Å². The van der Waals surface area contributed by atoms with Gasteiger partial charge < -0.3 is 4.74 Å². The zero-order valence-corrected chi connectivity index (χ0v) is 4.92. The van der Waals surface area contributed by atoms with E-state index in [1.807, 2.05) is 0 Å². The van der Waals surface area contributed by atoms with Gasteiger partial charge in [0, 0.05) is 13.0 Å². The molecular weight excluding hydrogens is 108 g/mol. The van der Waals surface area contributed by atoms with E-state index in [1.165, 1.54) is 0 Å². The Labute approximate surface area is 48.5 Å². The lowest BCUT2D eigenvalue weighted by molar-refractivity contribution is -0.248. The van der Waals surface area contributed by atoms with Gasteiger partial charge in [0.2, 0.25) is 0 Å². The summed E-state index contributed by atoms with van der Waals surface area (Å²) in [6.45, 7) is 2.09. The van der Waals surface area contributed by atoms with Crippen LogP contribution in [0.5, 0.6) is 0 Å². The van der Waals surface area contributed by atoms with Crippen LogP contribution in [-0.2, 0) is 14.5 Å². The van der Waals surface area contributed by atoms with Gasteiger partial charge in [-0.25, -0.2) is 9.78 Å². The highest BCUT2D eigenvalue weighted by Crippen LogP contribution is 2.06. The maximum atomic E-state index is 4.87. The normalized spacial score (nSPS) is 22.1. The van der Waals surface area contributed by atoms with Crippen LogP contribution in [0.3, 0.4) is 0 Å². The first-order chi connectivity index (χ1) is 3.93. The van der Waals surface area contributed by atoms with E-state index in [-0.39, 0.29) is 0 Å². The third-order valence-electron chi connectivity index (χ3n) is 1.09. The second-order valence-corrected chi connectivity index (χ2v) is 1.89. The molecule has 0 N–H and O–H groups in total. The topological polar surface area (TPSA) is 27.7 Å². The number of ether oxygens (including phenoxy) is 1. The fourth-order valence-corrected chi connectivity index (χ4v) is 0.669. The molecule has 48 valence electrons. The maximum Gasteiger partial charge on any atom is 0.0895 e. The summed E-state index contributed by atoms with van der Waals surface area (Å²) in [6, 6.07) is 0. The molecule has 1 aliphatic rings. The summed E-state index contributed by atoms with van der Waals surface area (Å²) in [5.41, 5.74) is 0. The maximum absolute atomic E-state index is 4.87. The minimum absolute atomic E-state index is 0.444. The van der Waals surface area contributed by atoms with Gasteiger partial charge >= 0.3 is 0 Å². The summed E-state index contributed by atoms with van der Waals surface area (Å²) in [7, 11) is 1.68. The van der Waals surface area contributed by atoms with Crippen molar-refractivity contribution in [2.45, 2.75) is 0 Å². The van der Waals surface area contributed by atoms with Gasteiger partial charge in [0.1, 0.15) is 0 Å². The third kappa shape index (κ3) is 1.43. The summed E-state index contributed by atoms with van der Waals surface area (Å²) >= 11 is 0. The van der Waals surface area contributed by atoms with Crippen LogP contribution in [0.2, 0.25) is 0 Å². The Hall–Kier alpha value is -0.120. The van der Waals surface area contributed by atoms with Gasteiger partial charge in [0.15, 0.2) is 0 Å². The minimum atomic E-state index is 0.444. The van der Waals surface area contributed by atoms with E-state index >= 15 is 0 Å². The average Bonchev–Trinajstić information content (AvgIpc) is 2.19. The molecule has 0 radical (unpaired) electrons. The number of methoxy groups -OCH3 is 1. The SMILES string of the molecule is COCC1COOC1. The quantitative estimate of drug-likeness (QED) is 0.485. The van der Waals surface area contributed by atoms with Crippen LogP contribution in [0, 0.1) is 5.92 Å². The lowest BCUT2D eigenvalue weighted by atomic mass is 10.2. The van der Waals surface area contributed by atoms with Gasteiger partial charge in [0.05, 0.1) is 19.8 Å². The molecule has 8 heavy (non-hydrogen) atoms. The molecule has 1 fully saturated rings. The predicted octanol–water partition coefficient (Wildman–Crippen LogP) is 0.211. The van der Waals surface area contributed by atoms with Gasteiger partial charge in [-0.1, -0.05) is 0 Å². The first-order valence-electron chi connectivity index (χ1n) is 2.67. The van der Waals surface area contributed by atoms with Crippen molar-refractivity contribution in [1.29, 1.82) is 0 Å². The molecule has 1 saturated heterocycles. The summed E-state index contributed by atoms with van der Waals surface area (Å²) in [4.78, 5) is 9.26. The first-order valence-corrected chi connectivity index (χ1v) is 2.67. The Morgan fingerprint density at radius 3 is 2.62 bits per heavy atom. The van der Waals surface area contributed by atoms with Crippen molar-refractivity contribution in [2.24, 2.45) is 5.92 Å². The van der Waals surface area contributed by atoms with Gasteiger partial charge in [-0.15, -0.1) is 0 Å². The Balaban J connectivity index is 2.06. The molecule has 0 aromatic heterocycles. The van der Waals surface area contributed by atoms with Crippen LogP contribution in [0.15, 0.2) is 0 Å². The van der Waals surface area contributed by atoms with E-state index < -0.39 is 0 Å². The van der Waals surface area contributed by atoms with Crippen molar-refractivity contribution in [3.63, 3.8) is 0 Å². The molecule has 3 nitrogen and oxygen atoms in total. The highest BCUT2D eigenvalue weighted by atomic mass is 17.2. The predicted molar refractivity (Wildman–Crippen MR) is 27.3 cm³/mol. The summed E-state index contributed by atoms with van der Waals surface area (Å²) in [5, 5.41) is 0. The average molecular weight is 118 g/mol. The molecule has 1 aliphatic heterocycles. The van der Waals surface area contributed by atoms with Gasteiger partial charge in [-0.05, 0) is 0 Å². The molecule has 0 bridgehead atoms. The van der Waals surface area contributed by atoms with Crippen LogP contribution in [0.25, 0.3) is 0 Å². The lowest BCUT2D eigenvalue weighted by Gasteiger charge is -1.99. The smallest absolute Gasteiger partial charge is 0.0895 e. The molecule has 1 heterocycles. The van der Waals surface area contributed by atoms with E-state index in [2.05, 4.69) is 9.78 Å². The third-order valence-corrected chi connectivity index (χ3v) is 1.09. The molecule has 0 aromatic rings. The molecule has 1 rings (SSSR count). The second-order valence-electron chi connectivity index (χ2n) is 1.89. The molecule has 0 spiro atoms. The van der Waals surface area contributed by atoms with Crippen molar-refractivity contribution in [1.82, 2.24) is 0 Å².